The molecule has 10 heteroatoms. The van der Waals surface area contributed by atoms with Crippen molar-refractivity contribution in [1.29, 1.82) is 0 Å². The largest absolute Gasteiger partial charge is 0.480 e. The van der Waals surface area contributed by atoms with Crippen LogP contribution >= 0.6 is 0 Å². The number of non-ortho nitro benzene ring substituents is 2. The van der Waals surface area contributed by atoms with E-state index in [1.54, 1.807) is 0 Å². The standard InChI is InChI=1S/C18H14N4O6/c1-2-9-28-17-8-7-16(22(26)27)11-14(17)12-19-20-18(23)10-13-3-5-15(6-4-13)21(24)25/h1,3-8,11-12H,9-10H2,(H,20,23)/b19-12-. The Morgan fingerprint density at radius 1 is 1.14 bits per heavy atom. The maximum atomic E-state index is 11.9. The van der Waals surface area contributed by atoms with Crippen molar-refractivity contribution in [2.24, 2.45) is 5.10 Å². The second kappa shape index (κ2) is 9.44. The predicted octanol–water partition coefficient (Wildman–Crippen LogP) is 2.21. The first kappa shape index (κ1) is 20.1. The number of rotatable bonds is 8. The minimum absolute atomic E-state index is 0.0366. The summed E-state index contributed by atoms with van der Waals surface area (Å²) in [5.41, 5.74) is 2.85. The number of nitro benzene ring substituents is 2. The predicted molar refractivity (Wildman–Crippen MR) is 100.0 cm³/mol. The quantitative estimate of drug-likeness (QED) is 0.322. The molecule has 1 amide bonds. The third-order valence-corrected chi connectivity index (χ3v) is 3.42. The van der Waals surface area contributed by atoms with E-state index >= 15 is 0 Å². The summed E-state index contributed by atoms with van der Waals surface area (Å²) in [6.45, 7) is -0.0366. The summed E-state index contributed by atoms with van der Waals surface area (Å²) < 4.78 is 5.29. The zero-order chi connectivity index (χ0) is 20.5. The van der Waals surface area contributed by atoms with Gasteiger partial charge in [-0.1, -0.05) is 18.1 Å². The Morgan fingerprint density at radius 2 is 1.79 bits per heavy atom. The number of carbonyl (C=O) groups is 1. The smallest absolute Gasteiger partial charge is 0.270 e. The summed E-state index contributed by atoms with van der Waals surface area (Å²) in [5, 5.41) is 25.3. The van der Waals surface area contributed by atoms with Crippen LogP contribution in [0.5, 0.6) is 5.75 Å². The summed E-state index contributed by atoms with van der Waals surface area (Å²) in [5.74, 6) is 2.09. The number of nitro groups is 2. The fourth-order valence-corrected chi connectivity index (χ4v) is 2.14. The molecule has 0 saturated heterocycles. The minimum atomic E-state index is -0.574. The average molecular weight is 382 g/mol. The Bertz CT molecular complexity index is 963. The first-order valence-electron chi connectivity index (χ1n) is 7.80. The first-order chi connectivity index (χ1) is 13.4. The van der Waals surface area contributed by atoms with Gasteiger partial charge in [-0.2, -0.15) is 5.10 Å². The van der Waals surface area contributed by atoms with Gasteiger partial charge in [0.2, 0.25) is 5.91 Å². The van der Waals surface area contributed by atoms with Crippen molar-refractivity contribution in [2.75, 3.05) is 6.61 Å². The van der Waals surface area contributed by atoms with E-state index in [4.69, 9.17) is 11.2 Å². The molecule has 2 rings (SSSR count). The molecule has 0 atom stereocenters. The van der Waals surface area contributed by atoms with Gasteiger partial charge in [-0.3, -0.25) is 25.0 Å². The van der Waals surface area contributed by atoms with Crippen LogP contribution in [-0.2, 0) is 11.2 Å². The molecular weight excluding hydrogens is 368 g/mol. The molecule has 0 aromatic heterocycles. The van der Waals surface area contributed by atoms with Gasteiger partial charge in [0.25, 0.3) is 11.4 Å². The highest BCUT2D eigenvalue weighted by Crippen LogP contribution is 2.22. The molecule has 0 aliphatic rings. The van der Waals surface area contributed by atoms with Gasteiger partial charge in [0, 0.05) is 29.8 Å². The van der Waals surface area contributed by atoms with Gasteiger partial charge in [-0.15, -0.1) is 6.42 Å². The number of amides is 1. The highest BCUT2D eigenvalue weighted by atomic mass is 16.6. The second-order valence-corrected chi connectivity index (χ2v) is 5.37. The van der Waals surface area contributed by atoms with E-state index in [1.807, 2.05) is 0 Å². The van der Waals surface area contributed by atoms with Crippen LogP contribution in [0.4, 0.5) is 11.4 Å². The molecule has 0 unspecified atom stereocenters. The molecule has 0 aliphatic heterocycles. The molecule has 1 N–H and O–H groups in total. The number of hydrogen-bond acceptors (Lipinski definition) is 7. The van der Waals surface area contributed by atoms with Crippen molar-refractivity contribution >= 4 is 23.5 Å². The maximum absolute atomic E-state index is 11.9. The van der Waals surface area contributed by atoms with Gasteiger partial charge in [0.1, 0.15) is 12.4 Å². The van der Waals surface area contributed by atoms with Gasteiger partial charge in [0.15, 0.2) is 0 Å². The van der Waals surface area contributed by atoms with Crippen LogP contribution in [-0.4, -0.2) is 28.6 Å². The van der Waals surface area contributed by atoms with Gasteiger partial charge in [-0.25, -0.2) is 5.43 Å². The molecule has 2 aromatic carbocycles. The van der Waals surface area contributed by atoms with E-state index in [2.05, 4.69) is 16.4 Å². The van der Waals surface area contributed by atoms with Crippen molar-refractivity contribution in [3.05, 3.63) is 73.8 Å². The summed E-state index contributed by atoms with van der Waals surface area (Å²) in [6.07, 6.45) is 6.28. The van der Waals surface area contributed by atoms with Crippen LogP contribution in [0.25, 0.3) is 0 Å². The Balaban J connectivity index is 2.05. The summed E-state index contributed by atoms with van der Waals surface area (Å²) in [7, 11) is 0. The third kappa shape index (κ3) is 5.63. The Morgan fingerprint density at radius 3 is 2.39 bits per heavy atom. The molecule has 0 bridgehead atoms. The molecule has 0 saturated carbocycles. The average Bonchev–Trinajstić information content (AvgIpc) is 2.67. The van der Waals surface area contributed by atoms with Crippen LogP contribution < -0.4 is 10.2 Å². The normalized spacial score (nSPS) is 10.2. The number of nitrogens with zero attached hydrogens (tertiary/aromatic N) is 3. The van der Waals surface area contributed by atoms with E-state index in [1.165, 1.54) is 48.7 Å². The molecule has 28 heavy (non-hydrogen) atoms. The van der Waals surface area contributed by atoms with Crippen LogP contribution in [0, 0.1) is 32.6 Å². The maximum Gasteiger partial charge on any atom is 0.270 e. The summed E-state index contributed by atoms with van der Waals surface area (Å²) in [6, 6.07) is 9.40. The Kier molecular flexibility index (Phi) is 6.76. The summed E-state index contributed by atoms with van der Waals surface area (Å²) >= 11 is 0. The van der Waals surface area contributed by atoms with Gasteiger partial charge in [-0.05, 0) is 11.6 Å². The molecule has 0 spiro atoms. The lowest BCUT2D eigenvalue weighted by Crippen LogP contribution is -2.19. The molecule has 0 fully saturated rings. The second-order valence-electron chi connectivity index (χ2n) is 5.37. The SMILES string of the molecule is C#CCOc1ccc([N+](=O)[O-])cc1/C=N\NC(=O)Cc1ccc([N+](=O)[O-])cc1. The van der Waals surface area contributed by atoms with Gasteiger partial charge < -0.3 is 4.74 Å². The Hall–Kier alpha value is -4.26. The summed E-state index contributed by atoms with van der Waals surface area (Å²) in [4.78, 5) is 32.3. The fourth-order valence-electron chi connectivity index (χ4n) is 2.14. The molecule has 0 radical (unpaired) electrons. The van der Waals surface area contributed by atoms with Crippen LogP contribution in [0.3, 0.4) is 0 Å². The number of terminal acetylenes is 1. The number of hydrogen-bond donors (Lipinski definition) is 1. The highest BCUT2D eigenvalue weighted by Gasteiger charge is 2.11. The molecule has 10 nitrogen and oxygen atoms in total. The van der Waals surface area contributed by atoms with Crippen molar-refractivity contribution < 1.29 is 19.4 Å². The lowest BCUT2D eigenvalue weighted by Gasteiger charge is -2.06. The molecule has 2 aromatic rings. The molecular formula is C18H14N4O6. The van der Waals surface area contributed by atoms with E-state index in [9.17, 15) is 25.0 Å². The van der Waals surface area contributed by atoms with E-state index in [0.717, 1.165) is 0 Å². The van der Waals surface area contributed by atoms with Crippen LogP contribution in [0.15, 0.2) is 47.6 Å². The highest BCUT2D eigenvalue weighted by molar-refractivity contribution is 5.86. The number of nitrogens with one attached hydrogen (secondary N) is 1. The zero-order valence-corrected chi connectivity index (χ0v) is 14.4. The minimum Gasteiger partial charge on any atom is -0.480 e. The van der Waals surface area contributed by atoms with Crippen LogP contribution in [0.1, 0.15) is 11.1 Å². The van der Waals surface area contributed by atoms with Crippen molar-refractivity contribution in [2.45, 2.75) is 6.42 Å². The fraction of sp³-hybridized carbons (Fsp3) is 0.111. The topological polar surface area (TPSA) is 137 Å². The molecule has 142 valence electrons. The number of benzene rings is 2. The van der Waals surface area contributed by atoms with Crippen molar-refractivity contribution in [3.8, 4) is 18.1 Å². The Labute approximate surface area is 159 Å². The van der Waals surface area contributed by atoms with E-state index < -0.39 is 15.8 Å². The third-order valence-electron chi connectivity index (χ3n) is 3.42. The van der Waals surface area contributed by atoms with Gasteiger partial charge in [0.05, 0.1) is 22.5 Å². The monoisotopic (exact) mass is 382 g/mol. The molecule has 0 heterocycles. The van der Waals surface area contributed by atoms with Crippen molar-refractivity contribution in [3.63, 3.8) is 0 Å². The zero-order valence-electron chi connectivity index (χ0n) is 14.4. The first-order valence-corrected chi connectivity index (χ1v) is 7.80. The number of carbonyl (C=O) groups excluding carboxylic acids is 1. The number of hydrazone groups is 1. The molecule has 0 aliphatic carbocycles. The van der Waals surface area contributed by atoms with Crippen molar-refractivity contribution in [1.82, 2.24) is 5.43 Å². The van der Waals surface area contributed by atoms with E-state index in [0.29, 0.717) is 5.56 Å². The van der Waals surface area contributed by atoms with E-state index in [-0.39, 0.29) is 35.7 Å². The van der Waals surface area contributed by atoms with Gasteiger partial charge >= 0.3 is 0 Å². The lowest BCUT2D eigenvalue weighted by molar-refractivity contribution is -0.385. The van der Waals surface area contributed by atoms with Crippen LogP contribution in [0.2, 0.25) is 0 Å². The lowest BCUT2D eigenvalue weighted by atomic mass is 10.1. The number of ether oxygens (including phenoxy) is 1.